The first kappa shape index (κ1) is 22.9. The number of ether oxygens (including phenoxy) is 1. The lowest BCUT2D eigenvalue weighted by atomic mass is 9.87. The van der Waals surface area contributed by atoms with Gasteiger partial charge in [-0.05, 0) is 54.7 Å². The van der Waals surface area contributed by atoms with Gasteiger partial charge in [0.2, 0.25) is 0 Å². The van der Waals surface area contributed by atoms with Crippen LogP contribution in [-0.4, -0.2) is 51.5 Å². The first-order chi connectivity index (χ1) is 17.1. The number of aromatic amines is 1. The van der Waals surface area contributed by atoms with Crippen molar-refractivity contribution in [3.63, 3.8) is 0 Å². The van der Waals surface area contributed by atoms with Gasteiger partial charge >= 0.3 is 5.97 Å². The lowest BCUT2D eigenvalue weighted by Crippen LogP contribution is -2.48. The number of ketones is 1. The summed E-state index contributed by atoms with van der Waals surface area (Å²) in [5.74, 6) is 0.0709. The van der Waals surface area contributed by atoms with Crippen LogP contribution in [0.5, 0.6) is 0 Å². The fourth-order valence-electron chi connectivity index (χ4n) is 4.99. The molecule has 0 amide bonds. The van der Waals surface area contributed by atoms with Crippen LogP contribution in [0.25, 0.3) is 22.2 Å². The summed E-state index contributed by atoms with van der Waals surface area (Å²) < 4.78 is 5.06. The minimum atomic E-state index is -0.281. The van der Waals surface area contributed by atoms with Crippen molar-refractivity contribution in [3.8, 4) is 11.3 Å². The zero-order chi connectivity index (χ0) is 24.2. The molecule has 0 spiro atoms. The van der Waals surface area contributed by atoms with Gasteiger partial charge in [0.05, 0.1) is 12.6 Å². The Morgan fingerprint density at radius 1 is 1.06 bits per heavy atom. The summed E-state index contributed by atoms with van der Waals surface area (Å²) in [7, 11) is 1.44. The number of pyridine rings is 1. The summed E-state index contributed by atoms with van der Waals surface area (Å²) in [6.45, 7) is 1.33. The number of methoxy groups -OCH3 is 1. The highest BCUT2D eigenvalue weighted by Crippen LogP contribution is 2.30. The first-order valence-corrected chi connectivity index (χ1v) is 11.9. The number of benzene rings is 2. The summed E-state index contributed by atoms with van der Waals surface area (Å²) in [4.78, 5) is 32.0. The van der Waals surface area contributed by atoms with Gasteiger partial charge in [-0.3, -0.25) is 24.6 Å². The van der Waals surface area contributed by atoms with Crippen LogP contribution in [0.1, 0.15) is 35.2 Å². The summed E-state index contributed by atoms with van der Waals surface area (Å²) in [6.07, 6.45) is 5.40. The Labute approximate surface area is 204 Å². The summed E-state index contributed by atoms with van der Waals surface area (Å²) >= 11 is 0. The number of Topliss-reactive ketones (excluding diaryl/α,β-unsaturated/α-hetero) is 1. The number of H-pyrrole nitrogens is 1. The molecule has 3 heterocycles. The van der Waals surface area contributed by atoms with E-state index < -0.39 is 0 Å². The Bertz CT molecular complexity index is 1320. The molecule has 2 aromatic carbocycles. The number of rotatable bonds is 7. The third kappa shape index (κ3) is 5.00. The number of hydrogen-bond donors (Lipinski definition) is 1. The van der Waals surface area contributed by atoms with Gasteiger partial charge in [-0.25, -0.2) is 0 Å². The standard InChI is InChI=1S/C28H28N4O3/c1-35-28(34)25-10-7-20(18-32(25)17-19-5-3-2-4-6-19)15-26(33)22-8-9-24-23(16-22)27(31-30-24)21-11-13-29-14-12-21/h2-6,8-9,11-14,16,20,25H,7,10,15,17-18H2,1H3,(H,30,31)/t20-,25-/m0/s1. The van der Waals surface area contributed by atoms with E-state index in [1.807, 2.05) is 48.5 Å². The van der Waals surface area contributed by atoms with Crippen molar-refractivity contribution in [3.05, 3.63) is 84.2 Å². The average molecular weight is 469 g/mol. The van der Waals surface area contributed by atoms with Crippen molar-refractivity contribution >= 4 is 22.7 Å². The fraction of sp³-hybridized carbons (Fsp3) is 0.286. The first-order valence-electron chi connectivity index (χ1n) is 11.9. The normalized spacial score (nSPS) is 18.4. The van der Waals surface area contributed by atoms with E-state index in [9.17, 15) is 9.59 Å². The van der Waals surface area contributed by atoms with E-state index in [1.54, 1.807) is 12.4 Å². The smallest absolute Gasteiger partial charge is 0.323 e. The maximum Gasteiger partial charge on any atom is 0.323 e. The van der Waals surface area contributed by atoms with E-state index >= 15 is 0 Å². The van der Waals surface area contributed by atoms with Crippen molar-refractivity contribution in [1.82, 2.24) is 20.1 Å². The van der Waals surface area contributed by atoms with Crippen LogP contribution in [-0.2, 0) is 16.1 Å². The number of carbonyl (C=O) groups excluding carboxylic acids is 2. The van der Waals surface area contributed by atoms with Crippen LogP contribution in [0.2, 0.25) is 0 Å². The Morgan fingerprint density at radius 3 is 2.63 bits per heavy atom. The molecule has 0 saturated carbocycles. The third-order valence-corrected chi connectivity index (χ3v) is 6.80. The number of hydrogen-bond acceptors (Lipinski definition) is 6. The second-order valence-corrected chi connectivity index (χ2v) is 9.09. The molecular formula is C28H28N4O3. The van der Waals surface area contributed by atoms with Crippen LogP contribution >= 0.6 is 0 Å². The number of esters is 1. The molecule has 5 rings (SSSR count). The molecule has 35 heavy (non-hydrogen) atoms. The quantitative estimate of drug-likeness (QED) is 0.314. The van der Waals surface area contributed by atoms with Gasteiger partial charge in [0.25, 0.3) is 0 Å². The molecule has 1 aliphatic rings. The molecule has 0 bridgehead atoms. The molecule has 1 aliphatic heterocycles. The third-order valence-electron chi connectivity index (χ3n) is 6.80. The zero-order valence-electron chi connectivity index (χ0n) is 19.7. The van der Waals surface area contributed by atoms with Crippen LogP contribution in [0.3, 0.4) is 0 Å². The second-order valence-electron chi connectivity index (χ2n) is 9.09. The van der Waals surface area contributed by atoms with E-state index in [0.717, 1.165) is 34.1 Å². The molecule has 4 aromatic rings. The van der Waals surface area contributed by atoms with E-state index in [0.29, 0.717) is 31.5 Å². The number of fused-ring (bicyclic) bond motifs is 1. The lowest BCUT2D eigenvalue weighted by Gasteiger charge is -2.38. The van der Waals surface area contributed by atoms with Gasteiger partial charge in [-0.2, -0.15) is 5.10 Å². The SMILES string of the molecule is COC(=O)[C@@H]1CC[C@@H](CC(=O)c2ccc3[nH]nc(-c4ccncc4)c3c2)CN1Cc1ccccc1. The second kappa shape index (κ2) is 10.2. The summed E-state index contributed by atoms with van der Waals surface area (Å²) in [6, 6.07) is 19.3. The number of likely N-dealkylation sites (tertiary alicyclic amines) is 1. The highest BCUT2D eigenvalue weighted by Gasteiger charge is 2.34. The summed E-state index contributed by atoms with van der Waals surface area (Å²) in [5.41, 5.74) is 4.47. The Hall–Kier alpha value is -3.84. The molecule has 7 nitrogen and oxygen atoms in total. The monoisotopic (exact) mass is 468 g/mol. The van der Waals surface area contributed by atoms with Gasteiger partial charge < -0.3 is 4.74 Å². The van der Waals surface area contributed by atoms with Crippen molar-refractivity contribution in [2.45, 2.75) is 31.8 Å². The van der Waals surface area contributed by atoms with Gasteiger partial charge in [0, 0.05) is 48.4 Å². The van der Waals surface area contributed by atoms with Crippen molar-refractivity contribution in [2.24, 2.45) is 5.92 Å². The number of carbonyl (C=O) groups is 2. The molecule has 0 aliphatic carbocycles. The molecule has 7 heteroatoms. The number of aromatic nitrogens is 3. The Kier molecular flexibility index (Phi) is 6.68. The minimum Gasteiger partial charge on any atom is -0.468 e. The minimum absolute atomic E-state index is 0.106. The van der Waals surface area contributed by atoms with Gasteiger partial charge in [0.15, 0.2) is 5.78 Å². The zero-order valence-corrected chi connectivity index (χ0v) is 19.7. The molecule has 1 fully saturated rings. The summed E-state index contributed by atoms with van der Waals surface area (Å²) in [5, 5.41) is 8.42. The highest BCUT2D eigenvalue weighted by molar-refractivity contribution is 6.02. The molecule has 0 radical (unpaired) electrons. The van der Waals surface area contributed by atoms with Crippen molar-refractivity contribution in [1.29, 1.82) is 0 Å². The van der Waals surface area contributed by atoms with Gasteiger partial charge in [-0.15, -0.1) is 0 Å². The number of nitrogens with one attached hydrogen (secondary N) is 1. The Morgan fingerprint density at radius 2 is 1.86 bits per heavy atom. The predicted molar refractivity (Wildman–Crippen MR) is 134 cm³/mol. The molecule has 178 valence electrons. The number of piperidine rings is 1. The van der Waals surface area contributed by atoms with Gasteiger partial charge in [0.1, 0.15) is 11.7 Å². The molecule has 2 aromatic heterocycles. The van der Waals surface area contributed by atoms with E-state index in [-0.39, 0.29) is 23.7 Å². The van der Waals surface area contributed by atoms with Crippen LogP contribution in [0, 0.1) is 5.92 Å². The van der Waals surface area contributed by atoms with Crippen LogP contribution < -0.4 is 0 Å². The van der Waals surface area contributed by atoms with E-state index in [2.05, 4.69) is 32.2 Å². The maximum absolute atomic E-state index is 13.3. The molecular weight excluding hydrogens is 440 g/mol. The molecule has 1 N–H and O–H groups in total. The Balaban J connectivity index is 1.33. The van der Waals surface area contributed by atoms with Crippen molar-refractivity contribution < 1.29 is 14.3 Å². The van der Waals surface area contributed by atoms with E-state index in [1.165, 1.54) is 7.11 Å². The molecule has 2 atom stereocenters. The van der Waals surface area contributed by atoms with Crippen LogP contribution in [0.15, 0.2) is 73.1 Å². The molecule has 1 saturated heterocycles. The van der Waals surface area contributed by atoms with Crippen LogP contribution in [0.4, 0.5) is 0 Å². The predicted octanol–water partition coefficient (Wildman–Crippen LogP) is 4.65. The number of nitrogens with zero attached hydrogens (tertiary/aromatic N) is 3. The largest absolute Gasteiger partial charge is 0.468 e. The van der Waals surface area contributed by atoms with E-state index in [4.69, 9.17) is 4.74 Å². The van der Waals surface area contributed by atoms with Gasteiger partial charge in [-0.1, -0.05) is 30.3 Å². The van der Waals surface area contributed by atoms with Crippen molar-refractivity contribution in [2.75, 3.05) is 13.7 Å². The highest BCUT2D eigenvalue weighted by atomic mass is 16.5. The maximum atomic E-state index is 13.3. The average Bonchev–Trinajstić information content (AvgIpc) is 3.33. The lowest BCUT2D eigenvalue weighted by molar-refractivity contribution is -0.149. The topological polar surface area (TPSA) is 88.2 Å². The molecule has 0 unspecified atom stereocenters. The fourth-order valence-corrected chi connectivity index (χ4v) is 4.99.